The maximum Gasteiger partial charge on any atom is 0.352 e. The average Bonchev–Trinajstić information content (AvgIpc) is 3.24. The monoisotopic (exact) mass is 512 g/mol. The van der Waals surface area contributed by atoms with Crippen LogP contribution in [-0.4, -0.2) is 85.5 Å². The summed E-state index contributed by atoms with van der Waals surface area (Å²) in [5.41, 5.74) is 5.21. The average molecular weight is 513 g/mol. The van der Waals surface area contributed by atoms with Crippen LogP contribution in [0, 0.1) is 0 Å². The van der Waals surface area contributed by atoms with Crippen molar-refractivity contribution >= 4 is 64.2 Å². The van der Waals surface area contributed by atoms with Gasteiger partial charge in [0.15, 0.2) is 5.13 Å². The van der Waals surface area contributed by atoms with Gasteiger partial charge in [-0.15, -0.1) is 11.8 Å². The van der Waals surface area contributed by atoms with E-state index in [0.29, 0.717) is 6.29 Å². The number of anilines is 1. The lowest BCUT2D eigenvalue weighted by Gasteiger charge is -2.49. The smallest absolute Gasteiger partial charge is 0.352 e. The van der Waals surface area contributed by atoms with Gasteiger partial charge in [-0.05, 0) is 6.92 Å². The summed E-state index contributed by atoms with van der Waals surface area (Å²) < 4.78 is 8.95. The Labute approximate surface area is 200 Å². The number of oxime groups is 1. The Kier molecular flexibility index (Phi) is 8.17. The van der Waals surface area contributed by atoms with Crippen molar-refractivity contribution in [2.75, 3.05) is 24.7 Å². The summed E-state index contributed by atoms with van der Waals surface area (Å²) in [7, 11) is 0. The minimum atomic E-state index is -1.37. The van der Waals surface area contributed by atoms with Crippen LogP contribution < -0.4 is 11.1 Å². The number of aliphatic carboxylic acids is 1. The fourth-order valence-electron chi connectivity index (χ4n) is 3.06. The molecule has 1 aromatic heterocycles. The van der Waals surface area contributed by atoms with Crippen LogP contribution in [0.1, 0.15) is 25.6 Å². The van der Waals surface area contributed by atoms with E-state index in [9.17, 15) is 29.1 Å². The van der Waals surface area contributed by atoms with E-state index in [1.807, 2.05) is 0 Å². The Bertz CT molecular complexity index is 1070. The number of esters is 1. The largest absolute Gasteiger partial charge is 0.477 e. The van der Waals surface area contributed by atoms with Crippen molar-refractivity contribution in [1.29, 1.82) is 0 Å². The van der Waals surface area contributed by atoms with Crippen LogP contribution in [0.25, 0.3) is 0 Å². The summed E-state index contributed by atoms with van der Waals surface area (Å²) in [6.07, 6.45) is 0.433. The normalized spacial score (nSPS) is 19.7. The van der Waals surface area contributed by atoms with Gasteiger partial charge in [0.25, 0.3) is 11.8 Å². The number of carbonyl (C=O) groups is 5. The third-order valence-electron chi connectivity index (χ3n) is 4.56. The van der Waals surface area contributed by atoms with Crippen LogP contribution in [0.4, 0.5) is 5.13 Å². The number of hydrogen-bond donors (Lipinski definition) is 3. The number of ether oxygens (including phenoxy) is 1. The van der Waals surface area contributed by atoms with Crippen LogP contribution in [0.5, 0.6) is 0 Å². The predicted octanol–water partition coefficient (Wildman–Crippen LogP) is -0.878. The van der Waals surface area contributed by atoms with Crippen molar-refractivity contribution < 1.29 is 38.7 Å². The number of fused-ring (bicyclic) bond motifs is 1. The van der Waals surface area contributed by atoms with Gasteiger partial charge >= 0.3 is 11.9 Å². The Hall–Kier alpha value is -3.53. The van der Waals surface area contributed by atoms with E-state index in [2.05, 4.69) is 19.8 Å². The number of carbonyl (C=O) groups excluding carboxylic acids is 4. The lowest BCUT2D eigenvalue weighted by molar-refractivity contribution is -0.150. The number of nitrogens with two attached hydrogens (primary N) is 1. The van der Waals surface area contributed by atoms with E-state index in [-0.39, 0.29) is 59.7 Å². The quantitative estimate of drug-likeness (QED) is 0.109. The number of hydrogen-bond acceptors (Lipinski definition) is 13. The molecule has 14 nitrogen and oxygen atoms in total. The van der Waals surface area contributed by atoms with Gasteiger partial charge in [-0.1, -0.05) is 5.16 Å². The molecule has 0 aromatic carbocycles. The second-order valence-electron chi connectivity index (χ2n) is 6.80. The lowest BCUT2D eigenvalue weighted by Crippen LogP contribution is -2.71. The first-order chi connectivity index (χ1) is 16.3. The molecule has 2 atom stereocenters. The summed E-state index contributed by atoms with van der Waals surface area (Å²) in [6, 6.07) is -1.04. The van der Waals surface area contributed by atoms with E-state index >= 15 is 0 Å². The van der Waals surface area contributed by atoms with E-state index in [1.165, 1.54) is 11.8 Å². The number of amides is 2. The molecule has 2 amide bonds. The molecule has 3 rings (SSSR count). The van der Waals surface area contributed by atoms with Gasteiger partial charge in [-0.25, -0.2) is 4.79 Å². The highest BCUT2D eigenvalue weighted by Crippen LogP contribution is 2.40. The number of β-lactam (4-membered cyclic amide) rings is 1. The molecular weight excluding hydrogens is 492 g/mol. The fraction of sp³-hybridized carbons (Fsp3) is 0.444. The maximum atomic E-state index is 12.8. The molecule has 4 N–H and O–H groups in total. The Morgan fingerprint density at radius 1 is 1.41 bits per heavy atom. The highest BCUT2D eigenvalue weighted by molar-refractivity contribution is 8.00. The molecule has 0 radical (unpaired) electrons. The highest BCUT2D eigenvalue weighted by atomic mass is 32.2. The van der Waals surface area contributed by atoms with Crippen molar-refractivity contribution in [2.45, 2.75) is 31.2 Å². The van der Waals surface area contributed by atoms with Crippen molar-refractivity contribution in [2.24, 2.45) is 5.16 Å². The number of aromatic nitrogens is 2. The van der Waals surface area contributed by atoms with E-state index in [4.69, 9.17) is 15.3 Å². The molecule has 1 fully saturated rings. The number of aldehydes is 1. The zero-order chi connectivity index (χ0) is 24.8. The van der Waals surface area contributed by atoms with Crippen molar-refractivity contribution in [3.05, 3.63) is 17.1 Å². The number of rotatable bonds is 11. The molecule has 3 heterocycles. The maximum absolute atomic E-state index is 12.8. The van der Waals surface area contributed by atoms with Crippen LogP contribution in [-0.2, 0) is 33.5 Å². The van der Waals surface area contributed by atoms with E-state index in [0.717, 1.165) is 16.4 Å². The molecule has 16 heteroatoms. The fourth-order valence-corrected chi connectivity index (χ4v) is 4.83. The van der Waals surface area contributed by atoms with Gasteiger partial charge in [0, 0.05) is 29.3 Å². The Morgan fingerprint density at radius 3 is 2.79 bits per heavy atom. The molecule has 0 bridgehead atoms. The van der Waals surface area contributed by atoms with Crippen LogP contribution >= 0.6 is 23.3 Å². The molecule has 182 valence electrons. The summed E-state index contributed by atoms with van der Waals surface area (Å²) in [5, 5.41) is 15.3. The number of carboxylic acids is 1. The molecule has 1 aromatic rings. The molecule has 34 heavy (non-hydrogen) atoms. The molecule has 2 aliphatic heterocycles. The molecular formula is C18H20N6O8S2. The summed E-state index contributed by atoms with van der Waals surface area (Å²) in [5.74, 6) is -3.40. The summed E-state index contributed by atoms with van der Waals surface area (Å²) >= 11 is 2.05. The van der Waals surface area contributed by atoms with Gasteiger partial charge in [-0.2, -0.15) is 9.36 Å². The highest BCUT2D eigenvalue weighted by Gasteiger charge is 2.54. The number of carboxylic acid groups (broad SMARTS) is 1. The van der Waals surface area contributed by atoms with Gasteiger partial charge < -0.3 is 30.5 Å². The molecule has 1 saturated heterocycles. The van der Waals surface area contributed by atoms with Crippen LogP contribution in [0.15, 0.2) is 16.4 Å². The topological polar surface area (TPSA) is 203 Å². The zero-order valence-electron chi connectivity index (χ0n) is 17.8. The molecule has 2 aliphatic rings. The Morgan fingerprint density at radius 2 is 2.18 bits per heavy atom. The van der Waals surface area contributed by atoms with E-state index in [1.54, 1.807) is 6.92 Å². The number of nitrogen functional groups attached to an aromatic ring is 1. The van der Waals surface area contributed by atoms with Crippen molar-refractivity contribution in [3.63, 3.8) is 0 Å². The Balaban J connectivity index is 1.73. The second-order valence-corrected chi connectivity index (χ2v) is 8.69. The van der Waals surface area contributed by atoms with Crippen molar-refractivity contribution in [3.8, 4) is 0 Å². The van der Waals surface area contributed by atoms with Gasteiger partial charge in [-0.3, -0.25) is 19.3 Å². The van der Waals surface area contributed by atoms with Gasteiger partial charge in [0.1, 0.15) is 36.6 Å². The standard InChI is InChI=1S/C18H20N6O8S2/c1-2-32-22-10(13-21-18(19)34-23-13)14(27)20-11-15(28)24-12(17(29)30)8(7-33-16(11)24)6-31-9(26)4-3-5-25/h5,11,16H,2-4,6-7H2,1H3,(H,20,27)(H,29,30)(H2,19,21,23)/t11-,16+/m1/s1. The first kappa shape index (κ1) is 25.1. The van der Waals surface area contributed by atoms with Gasteiger partial charge in [0.05, 0.1) is 6.42 Å². The molecule has 0 saturated carbocycles. The number of nitrogens with one attached hydrogen (secondary N) is 1. The minimum absolute atomic E-state index is 0.00984. The molecule has 0 aliphatic carbocycles. The van der Waals surface area contributed by atoms with E-state index < -0.39 is 35.2 Å². The second kappa shape index (κ2) is 11.1. The number of nitrogens with zero attached hydrogens (tertiary/aromatic N) is 4. The van der Waals surface area contributed by atoms with Gasteiger partial charge in [0.2, 0.25) is 11.5 Å². The third-order valence-corrected chi connectivity index (χ3v) is 6.45. The molecule has 0 spiro atoms. The SMILES string of the molecule is CCON=C(C(=O)N[C@@H]1C(=O)N2C(C(=O)O)=C(COC(=O)CCC=O)CS[C@@H]12)c1nsc(N)n1. The lowest BCUT2D eigenvalue weighted by atomic mass is 10.0. The summed E-state index contributed by atoms with van der Waals surface area (Å²) in [4.78, 5) is 69.3. The molecule has 0 unspecified atom stereocenters. The third kappa shape index (κ3) is 5.33. The summed E-state index contributed by atoms with van der Waals surface area (Å²) in [6.45, 7) is 1.49. The number of thioether (sulfide) groups is 1. The zero-order valence-corrected chi connectivity index (χ0v) is 19.4. The minimum Gasteiger partial charge on any atom is -0.477 e. The van der Waals surface area contributed by atoms with Crippen LogP contribution in [0.3, 0.4) is 0 Å². The first-order valence-electron chi connectivity index (χ1n) is 9.88. The van der Waals surface area contributed by atoms with Crippen LogP contribution in [0.2, 0.25) is 0 Å². The predicted molar refractivity (Wildman–Crippen MR) is 118 cm³/mol. The van der Waals surface area contributed by atoms with Crippen molar-refractivity contribution in [1.82, 2.24) is 19.6 Å². The first-order valence-corrected chi connectivity index (χ1v) is 11.7.